The van der Waals surface area contributed by atoms with E-state index in [4.69, 9.17) is 0 Å². The lowest BCUT2D eigenvalue weighted by atomic mass is 9.83. The summed E-state index contributed by atoms with van der Waals surface area (Å²) < 4.78 is 0. The summed E-state index contributed by atoms with van der Waals surface area (Å²) in [5.74, 6) is -2.49. The van der Waals surface area contributed by atoms with Gasteiger partial charge in [0.05, 0.1) is 5.56 Å². The van der Waals surface area contributed by atoms with Crippen molar-refractivity contribution in [3.63, 3.8) is 0 Å². The summed E-state index contributed by atoms with van der Waals surface area (Å²) >= 11 is 0. The highest BCUT2D eigenvalue weighted by atomic mass is 16.3. The van der Waals surface area contributed by atoms with Crippen molar-refractivity contribution in [3.05, 3.63) is 45.5 Å². The fraction of sp³-hybridized carbons (Fsp3) is 0.300. The van der Waals surface area contributed by atoms with Crippen LogP contribution in [0.15, 0.2) is 12.1 Å². The van der Waals surface area contributed by atoms with Crippen LogP contribution in [0.3, 0.4) is 0 Å². The van der Waals surface area contributed by atoms with Crippen LogP contribution in [-0.2, 0) is 0 Å². The monoisotopic (exact) mass is 504 g/mol. The molecular formula is C30H32O7. The van der Waals surface area contributed by atoms with Gasteiger partial charge in [0.1, 0.15) is 11.5 Å². The Hall–Kier alpha value is -4.13. The molecule has 194 valence electrons. The minimum absolute atomic E-state index is 0.0710. The average Bonchev–Trinajstić information content (AvgIpc) is 2.80. The molecule has 37 heavy (non-hydrogen) atoms. The van der Waals surface area contributed by atoms with Gasteiger partial charge in [0.25, 0.3) is 0 Å². The molecule has 0 aromatic heterocycles. The van der Waals surface area contributed by atoms with Crippen molar-refractivity contribution in [1.29, 1.82) is 0 Å². The van der Waals surface area contributed by atoms with Crippen molar-refractivity contribution in [2.45, 2.75) is 60.3 Å². The van der Waals surface area contributed by atoms with E-state index < -0.39 is 11.5 Å². The van der Waals surface area contributed by atoms with E-state index in [1.54, 1.807) is 32.9 Å². The normalized spacial score (nSPS) is 11.8. The molecule has 7 heteroatoms. The van der Waals surface area contributed by atoms with E-state index in [0.29, 0.717) is 50.3 Å². The molecule has 0 saturated carbocycles. The molecule has 6 N–H and O–H groups in total. The Morgan fingerprint density at radius 2 is 1.00 bits per heavy atom. The Balaban J connectivity index is 2.25. The van der Waals surface area contributed by atoms with Gasteiger partial charge in [0, 0.05) is 38.6 Å². The van der Waals surface area contributed by atoms with Gasteiger partial charge in [-0.3, -0.25) is 4.79 Å². The molecular weight excluding hydrogens is 472 g/mol. The van der Waals surface area contributed by atoms with E-state index in [9.17, 15) is 35.4 Å². The van der Waals surface area contributed by atoms with Crippen LogP contribution in [0, 0.1) is 20.8 Å². The van der Waals surface area contributed by atoms with Crippen LogP contribution < -0.4 is 0 Å². The van der Waals surface area contributed by atoms with Crippen molar-refractivity contribution in [1.82, 2.24) is 0 Å². The second-order valence-corrected chi connectivity index (χ2v) is 10.4. The van der Waals surface area contributed by atoms with E-state index in [-0.39, 0.29) is 56.9 Å². The molecule has 0 spiro atoms. The quantitative estimate of drug-likeness (QED) is 0.132. The zero-order valence-electron chi connectivity index (χ0n) is 22.0. The first-order valence-corrected chi connectivity index (χ1v) is 12.2. The van der Waals surface area contributed by atoms with Gasteiger partial charge < -0.3 is 30.6 Å². The van der Waals surface area contributed by atoms with Crippen LogP contribution in [-0.4, -0.2) is 36.9 Å². The minimum atomic E-state index is -0.617. The Bertz CT molecular complexity index is 1630. The van der Waals surface area contributed by atoms with E-state index in [0.717, 1.165) is 0 Å². The average molecular weight is 505 g/mol. The van der Waals surface area contributed by atoms with Crippen molar-refractivity contribution in [2.24, 2.45) is 0 Å². The molecule has 0 radical (unpaired) electrons. The van der Waals surface area contributed by atoms with Crippen molar-refractivity contribution in [3.8, 4) is 45.6 Å². The van der Waals surface area contributed by atoms with E-state index >= 15 is 0 Å². The number of benzene rings is 4. The maximum atomic E-state index is 12.0. The molecule has 0 aliphatic heterocycles. The van der Waals surface area contributed by atoms with Gasteiger partial charge in [0.15, 0.2) is 29.3 Å². The first kappa shape index (κ1) is 25.9. The summed E-state index contributed by atoms with van der Waals surface area (Å²) in [5.41, 5.74) is 2.62. The number of phenols is 6. The predicted molar refractivity (Wildman–Crippen MR) is 145 cm³/mol. The van der Waals surface area contributed by atoms with Crippen molar-refractivity contribution < 1.29 is 35.4 Å². The third-order valence-electron chi connectivity index (χ3n) is 7.31. The lowest BCUT2D eigenvalue weighted by Gasteiger charge is -2.23. The van der Waals surface area contributed by atoms with E-state index in [1.165, 1.54) is 0 Å². The molecule has 0 atom stereocenters. The zero-order valence-corrected chi connectivity index (χ0v) is 22.0. The molecule has 0 fully saturated rings. The smallest absolute Gasteiger partial charge is 0.169 e. The van der Waals surface area contributed by atoms with Crippen LogP contribution in [0.2, 0.25) is 0 Å². The highest BCUT2D eigenvalue weighted by Crippen LogP contribution is 2.54. The number of aromatic hydroxyl groups is 6. The number of carbonyl (C=O) groups is 1. The highest BCUT2D eigenvalue weighted by Gasteiger charge is 2.29. The second-order valence-electron chi connectivity index (χ2n) is 10.4. The third-order valence-corrected chi connectivity index (χ3v) is 7.31. The van der Waals surface area contributed by atoms with Crippen LogP contribution in [0.25, 0.3) is 32.7 Å². The number of aryl methyl sites for hydroxylation is 3. The molecule has 4 rings (SSSR count). The standard InChI is InChI=1S/C30H32O7/c1-11(2)19-16-8-13(5)21(27(34)23(16)15(7)25(32)29(19)36)22-14(6)9-17-20(12(3)4)30(37)26(33)18(10-31)24(17)28(22)35/h8-12,32-37H,1-7H3. The molecule has 0 saturated heterocycles. The zero-order chi connectivity index (χ0) is 27.7. The number of phenolic OH excluding ortho intramolecular Hbond substituents is 6. The van der Waals surface area contributed by atoms with E-state index in [1.807, 2.05) is 27.7 Å². The van der Waals surface area contributed by atoms with Gasteiger partial charge in [-0.1, -0.05) is 39.8 Å². The van der Waals surface area contributed by atoms with Crippen LogP contribution in [0.1, 0.15) is 77.7 Å². The SMILES string of the molecule is Cc1cc2c(C(C)C)c(O)c(O)c(C)c2c(O)c1-c1c(C)cc2c(C(C)C)c(O)c(O)c(C=O)c2c1O. The molecule has 7 nitrogen and oxygen atoms in total. The summed E-state index contributed by atoms with van der Waals surface area (Å²) in [6, 6.07) is 3.51. The Kier molecular flexibility index (Phi) is 6.15. The first-order chi connectivity index (χ1) is 17.3. The number of hydrogen-bond donors (Lipinski definition) is 6. The summed E-state index contributed by atoms with van der Waals surface area (Å²) in [7, 11) is 0. The number of aldehydes is 1. The lowest BCUT2D eigenvalue weighted by Crippen LogP contribution is -2.00. The molecule has 0 unspecified atom stereocenters. The first-order valence-electron chi connectivity index (χ1n) is 12.2. The third kappa shape index (κ3) is 3.52. The molecule has 0 aliphatic rings. The summed E-state index contributed by atoms with van der Waals surface area (Å²) in [4.78, 5) is 12.0. The number of carbonyl (C=O) groups excluding carboxylic acids is 1. The summed E-state index contributed by atoms with van der Waals surface area (Å²) in [6.07, 6.45) is 0.382. The number of hydrogen-bond acceptors (Lipinski definition) is 7. The molecule has 0 amide bonds. The van der Waals surface area contributed by atoms with Gasteiger partial charge in [0.2, 0.25) is 0 Å². The van der Waals surface area contributed by atoms with Gasteiger partial charge >= 0.3 is 0 Å². The van der Waals surface area contributed by atoms with Crippen LogP contribution >= 0.6 is 0 Å². The molecule has 0 bridgehead atoms. The Morgan fingerprint density at radius 3 is 1.43 bits per heavy atom. The fourth-order valence-electron chi connectivity index (χ4n) is 5.64. The molecule has 0 heterocycles. The maximum absolute atomic E-state index is 12.0. The Morgan fingerprint density at radius 1 is 0.595 bits per heavy atom. The Labute approximate surface area is 214 Å². The lowest BCUT2D eigenvalue weighted by molar-refractivity contribution is 0.112. The van der Waals surface area contributed by atoms with Gasteiger partial charge in [-0.25, -0.2) is 0 Å². The summed E-state index contributed by atoms with van der Waals surface area (Å²) in [5, 5.41) is 67.2. The van der Waals surface area contributed by atoms with Crippen LogP contribution in [0.5, 0.6) is 34.5 Å². The number of rotatable bonds is 4. The minimum Gasteiger partial charge on any atom is -0.507 e. The largest absolute Gasteiger partial charge is 0.507 e. The van der Waals surface area contributed by atoms with Gasteiger partial charge in [-0.2, -0.15) is 0 Å². The maximum Gasteiger partial charge on any atom is 0.169 e. The fourth-order valence-corrected chi connectivity index (χ4v) is 5.64. The van der Waals surface area contributed by atoms with Gasteiger partial charge in [-0.05, 0) is 54.5 Å². The highest BCUT2D eigenvalue weighted by molar-refractivity contribution is 6.12. The molecule has 0 aliphatic carbocycles. The van der Waals surface area contributed by atoms with E-state index in [2.05, 4.69) is 0 Å². The topological polar surface area (TPSA) is 138 Å². The van der Waals surface area contributed by atoms with Crippen molar-refractivity contribution in [2.75, 3.05) is 0 Å². The predicted octanol–water partition coefficient (Wildman–Crippen LogP) is 6.88. The molecule has 4 aromatic rings. The summed E-state index contributed by atoms with van der Waals surface area (Å²) in [6.45, 7) is 12.5. The van der Waals surface area contributed by atoms with Gasteiger partial charge in [-0.15, -0.1) is 0 Å². The van der Waals surface area contributed by atoms with Crippen LogP contribution in [0.4, 0.5) is 0 Å². The number of fused-ring (bicyclic) bond motifs is 2. The molecule has 4 aromatic carbocycles. The second kappa shape index (κ2) is 8.76. The van der Waals surface area contributed by atoms with Crippen molar-refractivity contribution >= 4 is 27.8 Å².